The van der Waals surface area contributed by atoms with Crippen LogP contribution < -0.4 is 14.8 Å². The Morgan fingerprint density at radius 1 is 0.958 bits per heavy atom. The molecule has 0 saturated carbocycles. The molecular formula is C20H25NO3. The lowest BCUT2D eigenvalue weighted by Crippen LogP contribution is -2.14. The van der Waals surface area contributed by atoms with Crippen LogP contribution in [0.5, 0.6) is 11.5 Å². The van der Waals surface area contributed by atoms with Gasteiger partial charge in [-0.2, -0.15) is 0 Å². The molecule has 0 bridgehead atoms. The molecule has 2 rings (SSSR count). The fourth-order valence-corrected chi connectivity index (χ4v) is 2.47. The summed E-state index contributed by atoms with van der Waals surface area (Å²) in [7, 11) is 0. The van der Waals surface area contributed by atoms with Crippen molar-refractivity contribution in [3.63, 3.8) is 0 Å². The van der Waals surface area contributed by atoms with Crippen molar-refractivity contribution in [1.29, 1.82) is 0 Å². The van der Waals surface area contributed by atoms with E-state index in [4.69, 9.17) is 9.47 Å². The Labute approximate surface area is 143 Å². The third-order valence-corrected chi connectivity index (χ3v) is 3.70. The van der Waals surface area contributed by atoms with Gasteiger partial charge in [-0.05, 0) is 50.5 Å². The summed E-state index contributed by atoms with van der Waals surface area (Å²) in [6.07, 6.45) is 1.07. The SMILES string of the molecule is CCOc1ccccc1OCCCC(=O)Nc1c(C)cccc1C. The van der Waals surface area contributed by atoms with Gasteiger partial charge >= 0.3 is 0 Å². The number of benzene rings is 2. The molecule has 0 heterocycles. The van der Waals surface area contributed by atoms with E-state index >= 15 is 0 Å². The summed E-state index contributed by atoms with van der Waals surface area (Å²) in [6.45, 7) is 7.00. The van der Waals surface area contributed by atoms with Gasteiger partial charge in [-0.1, -0.05) is 30.3 Å². The third-order valence-electron chi connectivity index (χ3n) is 3.70. The van der Waals surface area contributed by atoms with Crippen LogP contribution in [0.15, 0.2) is 42.5 Å². The van der Waals surface area contributed by atoms with E-state index in [1.807, 2.05) is 63.2 Å². The fourth-order valence-electron chi connectivity index (χ4n) is 2.47. The smallest absolute Gasteiger partial charge is 0.224 e. The lowest BCUT2D eigenvalue weighted by atomic mass is 10.1. The van der Waals surface area contributed by atoms with Crippen LogP contribution in [0.1, 0.15) is 30.9 Å². The predicted octanol–water partition coefficient (Wildman–Crippen LogP) is 4.50. The lowest BCUT2D eigenvalue weighted by Gasteiger charge is -2.13. The molecule has 0 atom stereocenters. The molecule has 0 aliphatic carbocycles. The number of ether oxygens (including phenoxy) is 2. The zero-order valence-corrected chi connectivity index (χ0v) is 14.6. The van der Waals surface area contributed by atoms with Gasteiger partial charge in [-0.15, -0.1) is 0 Å². The molecule has 0 aliphatic heterocycles. The molecule has 2 aromatic carbocycles. The van der Waals surface area contributed by atoms with Crippen LogP contribution in [0, 0.1) is 13.8 Å². The standard InChI is InChI=1S/C20H25NO3/c1-4-23-17-11-5-6-12-18(17)24-14-8-13-19(22)21-20-15(2)9-7-10-16(20)3/h5-7,9-12H,4,8,13-14H2,1-3H3,(H,21,22). The van der Waals surface area contributed by atoms with Gasteiger partial charge in [-0.3, -0.25) is 4.79 Å². The van der Waals surface area contributed by atoms with Gasteiger partial charge in [0.15, 0.2) is 11.5 Å². The van der Waals surface area contributed by atoms with Gasteiger partial charge in [0.05, 0.1) is 13.2 Å². The number of rotatable bonds is 8. The van der Waals surface area contributed by atoms with E-state index in [2.05, 4.69) is 5.32 Å². The van der Waals surface area contributed by atoms with Crippen LogP contribution in [0.3, 0.4) is 0 Å². The molecule has 2 aromatic rings. The maximum atomic E-state index is 12.1. The largest absolute Gasteiger partial charge is 0.490 e. The number of hydrogen-bond acceptors (Lipinski definition) is 3. The Hall–Kier alpha value is -2.49. The number of anilines is 1. The second-order valence-corrected chi connectivity index (χ2v) is 5.65. The van der Waals surface area contributed by atoms with E-state index in [1.165, 1.54) is 0 Å². The van der Waals surface area contributed by atoms with Crippen molar-refractivity contribution in [3.05, 3.63) is 53.6 Å². The summed E-state index contributed by atoms with van der Waals surface area (Å²) in [4.78, 5) is 12.1. The van der Waals surface area contributed by atoms with Gasteiger partial charge in [0, 0.05) is 12.1 Å². The first kappa shape index (κ1) is 17.9. The van der Waals surface area contributed by atoms with Crippen LogP contribution in [0.4, 0.5) is 5.69 Å². The first-order chi connectivity index (χ1) is 11.6. The average Bonchev–Trinajstić information content (AvgIpc) is 2.57. The van der Waals surface area contributed by atoms with E-state index in [-0.39, 0.29) is 5.91 Å². The van der Waals surface area contributed by atoms with Crippen LogP contribution >= 0.6 is 0 Å². The zero-order chi connectivity index (χ0) is 17.4. The summed E-state index contributed by atoms with van der Waals surface area (Å²) in [5.41, 5.74) is 3.06. The van der Waals surface area contributed by atoms with Crippen LogP contribution in [0.25, 0.3) is 0 Å². The highest BCUT2D eigenvalue weighted by Crippen LogP contribution is 2.26. The first-order valence-corrected chi connectivity index (χ1v) is 8.32. The Bertz CT molecular complexity index is 662. The molecule has 0 saturated heterocycles. The molecule has 4 heteroatoms. The van der Waals surface area contributed by atoms with Crippen molar-refractivity contribution in [2.24, 2.45) is 0 Å². The van der Waals surface area contributed by atoms with Crippen molar-refractivity contribution < 1.29 is 14.3 Å². The monoisotopic (exact) mass is 327 g/mol. The zero-order valence-electron chi connectivity index (χ0n) is 14.6. The maximum absolute atomic E-state index is 12.1. The highest BCUT2D eigenvalue weighted by molar-refractivity contribution is 5.92. The Morgan fingerprint density at radius 3 is 2.21 bits per heavy atom. The highest BCUT2D eigenvalue weighted by atomic mass is 16.5. The minimum absolute atomic E-state index is 0.00842. The van der Waals surface area contributed by atoms with Crippen LogP contribution in [-0.2, 0) is 4.79 Å². The van der Waals surface area contributed by atoms with E-state index in [9.17, 15) is 4.79 Å². The first-order valence-electron chi connectivity index (χ1n) is 8.32. The quantitative estimate of drug-likeness (QED) is 0.726. The minimum atomic E-state index is 0.00842. The molecule has 128 valence electrons. The number of carbonyl (C=O) groups excluding carboxylic acids is 1. The number of hydrogen-bond donors (Lipinski definition) is 1. The average molecular weight is 327 g/mol. The second kappa shape index (κ2) is 8.96. The van der Waals surface area contributed by atoms with Gasteiger partial charge in [-0.25, -0.2) is 0 Å². The number of nitrogens with one attached hydrogen (secondary N) is 1. The van der Waals surface area contributed by atoms with Crippen LogP contribution in [0.2, 0.25) is 0 Å². The van der Waals surface area contributed by atoms with Gasteiger partial charge in [0.25, 0.3) is 0 Å². The predicted molar refractivity (Wildman–Crippen MR) is 96.9 cm³/mol. The Balaban J connectivity index is 1.79. The lowest BCUT2D eigenvalue weighted by molar-refractivity contribution is -0.116. The van der Waals surface area contributed by atoms with Crippen molar-refractivity contribution >= 4 is 11.6 Å². The number of para-hydroxylation sites is 3. The summed E-state index contributed by atoms with van der Waals surface area (Å²) < 4.78 is 11.2. The molecular weight excluding hydrogens is 302 g/mol. The molecule has 0 unspecified atom stereocenters. The third kappa shape index (κ3) is 5.01. The molecule has 1 N–H and O–H groups in total. The molecule has 0 fully saturated rings. The summed E-state index contributed by atoms with van der Waals surface area (Å²) in [5, 5.41) is 2.99. The minimum Gasteiger partial charge on any atom is -0.490 e. The van der Waals surface area contributed by atoms with Crippen molar-refractivity contribution in [2.75, 3.05) is 18.5 Å². The van der Waals surface area contributed by atoms with Crippen molar-refractivity contribution in [1.82, 2.24) is 0 Å². The molecule has 0 radical (unpaired) electrons. The number of aryl methyl sites for hydroxylation is 2. The van der Waals surface area contributed by atoms with Crippen molar-refractivity contribution in [2.45, 2.75) is 33.6 Å². The summed E-state index contributed by atoms with van der Waals surface area (Å²) in [6, 6.07) is 13.6. The second-order valence-electron chi connectivity index (χ2n) is 5.65. The summed E-state index contributed by atoms with van der Waals surface area (Å²) >= 11 is 0. The molecule has 0 aromatic heterocycles. The highest BCUT2D eigenvalue weighted by Gasteiger charge is 2.08. The van der Waals surface area contributed by atoms with E-state index in [1.54, 1.807) is 0 Å². The topological polar surface area (TPSA) is 47.6 Å². The van der Waals surface area contributed by atoms with Gasteiger partial charge in [0.1, 0.15) is 0 Å². The van der Waals surface area contributed by atoms with E-state index in [0.717, 1.165) is 28.3 Å². The fraction of sp³-hybridized carbons (Fsp3) is 0.350. The van der Waals surface area contributed by atoms with Gasteiger partial charge < -0.3 is 14.8 Å². The maximum Gasteiger partial charge on any atom is 0.224 e. The van der Waals surface area contributed by atoms with E-state index < -0.39 is 0 Å². The molecule has 24 heavy (non-hydrogen) atoms. The van der Waals surface area contributed by atoms with Crippen LogP contribution in [-0.4, -0.2) is 19.1 Å². The Kier molecular flexibility index (Phi) is 6.67. The summed E-state index contributed by atoms with van der Waals surface area (Å²) in [5.74, 6) is 1.46. The number of amides is 1. The molecule has 1 amide bonds. The molecule has 0 aliphatic rings. The van der Waals surface area contributed by atoms with Crippen molar-refractivity contribution in [3.8, 4) is 11.5 Å². The molecule has 0 spiro atoms. The normalized spacial score (nSPS) is 10.3. The van der Waals surface area contributed by atoms with E-state index in [0.29, 0.717) is 26.1 Å². The number of carbonyl (C=O) groups is 1. The van der Waals surface area contributed by atoms with Gasteiger partial charge in [0.2, 0.25) is 5.91 Å². The Morgan fingerprint density at radius 2 is 1.58 bits per heavy atom. The molecule has 4 nitrogen and oxygen atoms in total.